The first-order chi connectivity index (χ1) is 9.80. The van der Waals surface area contributed by atoms with Gasteiger partial charge in [0.2, 0.25) is 5.91 Å². The summed E-state index contributed by atoms with van der Waals surface area (Å²) in [6.07, 6.45) is 0.354. The van der Waals surface area contributed by atoms with Gasteiger partial charge in [-0.25, -0.2) is 4.39 Å². The molecule has 1 rings (SSSR count). The number of aliphatic carboxylic acids is 1. The summed E-state index contributed by atoms with van der Waals surface area (Å²) in [6.45, 7) is 3.29. The third-order valence-corrected chi connectivity index (χ3v) is 3.60. The molecule has 0 bridgehead atoms. The van der Waals surface area contributed by atoms with E-state index in [0.717, 1.165) is 0 Å². The maximum absolute atomic E-state index is 13.5. The van der Waals surface area contributed by atoms with Gasteiger partial charge in [-0.1, -0.05) is 25.1 Å². The summed E-state index contributed by atoms with van der Waals surface area (Å²) < 4.78 is 13.5. The Morgan fingerprint density at radius 1 is 1.38 bits per heavy atom. The van der Waals surface area contributed by atoms with E-state index in [1.54, 1.807) is 32.2 Å². The van der Waals surface area contributed by atoms with Gasteiger partial charge in [0.05, 0.1) is 6.54 Å². The molecule has 0 aromatic heterocycles. The second-order valence-corrected chi connectivity index (χ2v) is 5.19. The van der Waals surface area contributed by atoms with Crippen molar-refractivity contribution in [1.82, 2.24) is 10.2 Å². The quantitative estimate of drug-likeness (QED) is 0.802. The molecule has 116 valence electrons. The summed E-state index contributed by atoms with van der Waals surface area (Å²) in [5, 5.41) is 11.9. The van der Waals surface area contributed by atoms with Crippen molar-refractivity contribution in [2.75, 3.05) is 13.6 Å². The van der Waals surface area contributed by atoms with Gasteiger partial charge in [0.1, 0.15) is 11.4 Å². The molecule has 0 radical (unpaired) electrons. The lowest BCUT2D eigenvalue weighted by Crippen LogP contribution is -2.52. The molecule has 5 nitrogen and oxygen atoms in total. The average molecular weight is 296 g/mol. The Bertz CT molecular complexity index is 521. The Morgan fingerprint density at radius 2 is 2.00 bits per heavy atom. The zero-order valence-electron chi connectivity index (χ0n) is 12.5. The van der Waals surface area contributed by atoms with Crippen molar-refractivity contribution in [1.29, 1.82) is 0 Å². The van der Waals surface area contributed by atoms with E-state index in [2.05, 4.69) is 5.32 Å². The lowest BCUT2D eigenvalue weighted by molar-refractivity contribution is -0.144. The number of hydrogen-bond donors (Lipinski definition) is 2. The zero-order chi connectivity index (χ0) is 16.0. The molecule has 0 aliphatic carbocycles. The molecule has 1 unspecified atom stereocenters. The highest BCUT2D eigenvalue weighted by atomic mass is 19.1. The number of nitrogens with one attached hydrogen (secondary N) is 1. The topological polar surface area (TPSA) is 69.6 Å². The lowest BCUT2D eigenvalue weighted by Gasteiger charge is -2.26. The summed E-state index contributed by atoms with van der Waals surface area (Å²) >= 11 is 0. The van der Waals surface area contributed by atoms with E-state index < -0.39 is 11.5 Å². The SMILES string of the molecule is CCC(C)(NCC(=O)N(C)Cc1ccccc1F)C(=O)O. The van der Waals surface area contributed by atoms with Crippen LogP contribution < -0.4 is 5.32 Å². The van der Waals surface area contributed by atoms with E-state index in [-0.39, 0.29) is 24.8 Å². The number of carbonyl (C=O) groups is 2. The second-order valence-electron chi connectivity index (χ2n) is 5.19. The van der Waals surface area contributed by atoms with Gasteiger partial charge in [-0.05, 0) is 19.4 Å². The van der Waals surface area contributed by atoms with Gasteiger partial charge in [0.15, 0.2) is 0 Å². The second kappa shape index (κ2) is 7.17. The highest BCUT2D eigenvalue weighted by Crippen LogP contribution is 2.11. The van der Waals surface area contributed by atoms with Crippen LogP contribution in [0.3, 0.4) is 0 Å². The smallest absolute Gasteiger partial charge is 0.323 e. The Morgan fingerprint density at radius 3 is 2.52 bits per heavy atom. The van der Waals surface area contributed by atoms with Crippen LogP contribution in [-0.4, -0.2) is 41.0 Å². The molecule has 1 aromatic rings. The first kappa shape index (κ1) is 17.1. The van der Waals surface area contributed by atoms with E-state index in [0.29, 0.717) is 12.0 Å². The van der Waals surface area contributed by atoms with Gasteiger partial charge in [-0.15, -0.1) is 0 Å². The Hall–Kier alpha value is -1.95. The van der Waals surface area contributed by atoms with Gasteiger partial charge in [0.25, 0.3) is 0 Å². The monoisotopic (exact) mass is 296 g/mol. The first-order valence-corrected chi connectivity index (χ1v) is 6.76. The van der Waals surface area contributed by atoms with Crippen LogP contribution in [-0.2, 0) is 16.1 Å². The van der Waals surface area contributed by atoms with E-state index in [1.165, 1.54) is 17.9 Å². The van der Waals surface area contributed by atoms with E-state index in [4.69, 9.17) is 5.11 Å². The maximum atomic E-state index is 13.5. The molecule has 1 amide bonds. The molecule has 2 N–H and O–H groups in total. The van der Waals surface area contributed by atoms with Crippen molar-refractivity contribution in [3.63, 3.8) is 0 Å². The number of benzene rings is 1. The molecule has 0 heterocycles. The molecule has 21 heavy (non-hydrogen) atoms. The molecule has 1 aromatic carbocycles. The number of halogens is 1. The van der Waals surface area contributed by atoms with Crippen molar-refractivity contribution in [2.24, 2.45) is 0 Å². The first-order valence-electron chi connectivity index (χ1n) is 6.76. The van der Waals surface area contributed by atoms with Crippen LogP contribution in [0.2, 0.25) is 0 Å². The standard InChI is InChI=1S/C15H21FN2O3/c1-4-15(2,14(20)21)17-9-13(19)18(3)10-11-7-5-6-8-12(11)16/h5-8,17H,4,9-10H2,1-3H3,(H,20,21). The van der Waals surface area contributed by atoms with Gasteiger partial charge < -0.3 is 10.0 Å². The molecular weight excluding hydrogens is 275 g/mol. The Labute approximate surface area is 123 Å². The van der Waals surface area contributed by atoms with Crippen LogP contribution in [0.1, 0.15) is 25.8 Å². The lowest BCUT2D eigenvalue weighted by atomic mass is 9.99. The minimum Gasteiger partial charge on any atom is -0.480 e. The predicted octanol–water partition coefficient (Wildman–Crippen LogP) is 1.63. The van der Waals surface area contributed by atoms with Crippen molar-refractivity contribution in [3.8, 4) is 0 Å². The summed E-state index contributed by atoms with van der Waals surface area (Å²) in [7, 11) is 1.56. The fraction of sp³-hybridized carbons (Fsp3) is 0.467. The number of likely N-dealkylation sites (N-methyl/N-ethyl adjacent to an activating group) is 1. The number of carbonyl (C=O) groups excluding carboxylic acids is 1. The van der Waals surface area contributed by atoms with Gasteiger partial charge in [-0.3, -0.25) is 14.9 Å². The number of rotatable bonds is 7. The molecule has 1 atom stereocenters. The highest BCUT2D eigenvalue weighted by Gasteiger charge is 2.31. The fourth-order valence-corrected chi connectivity index (χ4v) is 1.73. The van der Waals surface area contributed by atoms with Crippen molar-refractivity contribution >= 4 is 11.9 Å². The number of carboxylic acids is 1. The fourth-order valence-electron chi connectivity index (χ4n) is 1.73. The van der Waals surface area contributed by atoms with Crippen LogP contribution in [0.4, 0.5) is 4.39 Å². The van der Waals surface area contributed by atoms with Crippen LogP contribution in [0.5, 0.6) is 0 Å². The van der Waals surface area contributed by atoms with Crippen LogP contribution in [0.25, 0.3) is 0 Å². The predicted molar refractivity (Wildman–Crippen MR) is 77.2 cm³/mol. The third-order valence-electron chi connectivity index (χ3n) is 3.60. The average Bonchev–Trinajstić information content (AvgIpc) is 2.46. The van der Waals surface area contributed by atoms with E-state index in [1.807, 2.05) is 0 Å². The van der Waals surface area contributed by atoms with E-state index >= 15 is 0 Å². The van der Waals surface area contributed by atoms with Crippen LogP contribution in [0, 0.1) is 5.82 Å². The molecule has 0 aliphatic rings. The summed E-state index contributed by atoms with van der Waals surface area (Å²) in [4.78, 5) is 24.5. The number of hydrogen-bond acceptors (Lipinski definition) is 3. The third kappa shape index (κ3) is 4.53. The number of carboxylic acid groups (broad SMARTS) is 1. The molecule has 0 spiro atoms. The maximum Gasteiger partial charge on any atom is 0.323 e. The molecular formula is C15H21FN2O3. The normalized spacial score (nSPS) is 13.5. The molecule has 0 saturated carbocycles. The van der Waals surface area contributed by atoms with Crippen molar-refractivity contribution < 1.29 is 19.1 Å². The summed E-state index contributed by atoms with van der Waals surface area (Å²) in [5.74, 6) is -1.66. The van der Waals surface area contributed by atoms with Gasteiger partial charge >= 0.3 is 5.97 Å². The number of nitrogens with zero attached hydrogens (tertiary/aromatic N) is 1. The Balaban J connectivity index is 2.60. The van der Waals surface area contributed by atoms with E-state index in [9.17, 15) is 14.0 Å². The highest BCUT2D eigenvalue weighted by molar-refractivity contribution is 5.81. The van der Waals surface area contributed by atoms with Crippen LogP contribution >= 0.6 is 0 Å². The molecule has 0 fully saturated rings. The van der Waals surface area contributed by atoms with Crippen molar-refractivity contribution in [3.05, 3.63) is 35.6 Å². The van der Waals surface area contributed by atoms with Crippen LogP contribution in [0.15, 0.2) is 24.3 Å². The molecule has 6 heteroatoms. The Kier molecular flexibility index (Phi) is 5.84. The van der Waals surface area contributed by atoms with Crippen molar-refractivity contribution in [2.45, 2.75) is 32.4 Å². The van der Waals surface area contributed by atoms with Gasteiger partial charge in [-0.2, -0.15) is 0 Å². The largest absolute Gasteiger partial charge is 0.480 e. The number of amides is 1. The molecule has 0 saturated heterocycles. The summed E-state index contributed by atoms with van der Waals surface area (Å²) in [6, 6.07) is 6.24. The minimum atomic E-state index is -1.14. The zero-order valence-corrected chi connectivity index (χ0v) is 12.5. The summed E-state index contributed by atoms with van der Waals surface area (Å²) in [5.41, 5.74) is -0.723. The minimum absolute atomic E-state index is 0.110. The van der Waals surface area contributed by atoms with Gasteiger partial charge in [0, 0.05) is 19.2 Å². The molecule has 0 aliphatic heterocycles.